The first-order chi connectivity index (χ1) is 6.39. The Hall–Kier alpha value is -1.53. The molecular formula is C7H7F3N2O2. The van der Waals surface area contributed by atoms with Gasteiger partial charge in [-0.25, -0.2) is 9.55 Å². The van der Waals surface area contributed by atoms with E-state index in [1.54, 1.807) is 0 Å². The fourth-order valence-corrected chi connectivity index (χ4v) is 0.866. The highest BCUT2D eigenvalue weighted by molar-refractivity contribution is 5.66. The van der Waals surface area contributed by atoms with E-state index in [4.69, 9.17) is 5.11 Å². The molecule has 0 fully saturated rings. The maximum Gasteiger partial charge on any atom is 0.489 e. The Balaban J connectivity index is 2.64. The van der Waals surface area contributed by atoms with Gasteiger partial charge in [0.1, 0.15) is 6.33 Å². The van der Waals surface area contributed by atoms with Gasteiger partial charge in [-0.3, -0.25) is 4.79 Å². The first-order valence-electron chi connectivity index (χ1n) is 3.71. The number of rotatable bonds is 3. The zero-order valence-corrected chi connectivity index (χ0v) is 6.95. The van der Waals surface area contributed by atoms with Crippen LogP contribution in [0.3, 0.4) is 0 Å². The number of nitrogens with zero attached hydrogens (tertiary/aromatic N) is 2. The third kappa shape index (κ3) is 2.75. The molecule has 0 bridgehead atoms. The average molecular weight is 208 g/mol. The Morgan fingerprint density at radius 1 is 1.57 bits per heavy atom. The van der Waals surface area contributed by atoms with Gasteiger partial charge in [0.25, 0.3) is 0 Å². The number of aromatic nitrogens is 2. The molecule has 1 aromatic rings. The number of alkyl halides is 3. The van der Waals surface area contributed by atoms with Crippen LogP contribution in [0.25, 0.3) is 0 Å². The van der Waals surface area contributed by atoms with Crippen LogP contribution in [0.4, 0.5) is 13.2 Å². The lowest BCUT2D eigenvalue weighted by atomic mass is 10.2. The summed E-state index contributed by atoms with van der Waals surface area (Å²) in [5.41, 5.74) is 0.115. The number of carboxylic acids is 1. The summed E-state index contributed by atoms with van der Waals surface area (Å²) in [5.74, 6) is -1.06. The fourth-order valence-electron chi connectivity index (χ4n) is 0.866. The summed E-state index contributed by atoms with van der Waals surface area (Å²) in [7, 11) is 0. The second-order valence-corrected chi connectivity index (χ2v) is 2.63. The van der Waals surface area contributed by atoms with Gasteiger partial charge in [0.15, 0.2) is 0 Å². The SMILES string of the molecule is O=C(O)CCc1cn(C(F)(F)F)cn1. The zero-order valence-electron chi connectivity index (χ0n) is 6.95. The highest BCUT2D eigenvalue weighted by Gasteiger charge is 2.30. The van der Waals surface area contributed by atoms with Gasteiger partial charge in [-0.2, -0.15) is 0 Å². The Bertz CT molecular complexity index is 332. The summed E-state index contributed by atoms with van der Waals surface area (Å²) in [6, 6.07) is 0. The normalized spacial score (nSPS) is 11.6. The van der Waals surface area contributed by atoms with Crippen LogP contribution in [-0.2, 0) is 17.5 Å². The molecule has 14 heavy (non-hydrogen) atoms. The molecule has 0 aromatic carbocycles. The molecule has 1 rings (SSSR count). The van der Waals surface area contributed by atoms with Crippen LogP contribution in [0.2, 0.25) is 0 Å². The molecule has 0 saturated carbocycles. The molecule has 78 valence electrons. The number of halogens is 3. The number of hydrogen-bond donors (Lipinski definition) is 1. The largest absolute Gasteiger partial charge is 0.489 e. The predicted octanol–water partition coefficient (Wildman–Crippen LogP) is 1.38. The number of carboxylic acid groups (broad SMARTS) is 1. The number of hydrogen-bond acceptors (Lipinski definition) is 2. The molecule has 4 nitrogen and oxygen atoms in total. The minimum Gasteiger partial charge on any atom is -0.481 e. The molecule has 0 aliphatic carbocycles. The first kappa shape index (κ1) is 10.6. The standard InChI is InChI=1S/C7H7F3N2O2/c8-7(9,10)12-3-5(11-4-12)1-2-6(13)14/h3-4H,1-2H2,(H,13,14). The third-order valence-electron chi connectivity index (χ3n) is 1.52. The number of imidazole rings is 1. The van der Waals surface area contributed by atoms with Gasteiger partial charge in [-0.15, -0.1) is 13.2 Å². The zero-order chi connectivity index (χ0) is 10.8. The van der Waals surface area contributed by atoms with Crippen LogP contribution in [0.15, 0.2) is 12.5 Å². The molecule has 1 aromatic heterocycles. The van der Waals surface area contributed by atoms with E-state index in [1.807, 2.05) is 0 Å². The van der Waals surface area contributed by atoms with E-state index in [1.165, 1.54) is 0 Å². The van der Waals surface area contributed by atoms with Crippen molar-refractivity contribution in [3.63, 3.8) is 0 Å². The summed E-state index contributed by atoms with van der Waals surface area (Å²) in [5, 5.41) is 8.28. The molecule has 0 saturated heterocycles. The monoisotopic (exact) mass is 208 g/mol. The van der Waals surface area contributed by atoms with Crippen LogP contribution in [0.1, 0.15) is 12.1 Å². The lowest BCUT2D eigenvalue weighted by Gasteiger charge is -2.04. The van der Waals surface area contributed by atoms with E-state index in [2.05, 4.69) is 4.98 Å². The lowest BCUT2D eigenvalue weighted by Crippen LogP contribution is -2.14. The second-order valence-electron chi connectivity index (χ2n) is 2.63. The van der Waals surface area contributed by atoms with E-state index in [-0.39, 0.29) is 23.1 Å². The van der Waals surface area contributed by atoms with Crippen molar-refractivity contribution in [3.05, 3.63) is 18.2 Å². The molecule has 0 unspecified atom stereocenters. The number of aliphatic carboxylic acids is 1. The molecule has 0 aliphatic rings. The molecule has 7 heteroatoms. The lowest BCUT2D eigenvalue weighted by molar-refractivity contribution is -0.204. The van der Waals surface area contributed by atoms with E-state index < -0.39 is 12.3 Å². The fraction of sp³-hybridized carbons (Fsp3) is 0.429. The van der Waals surface area contributed by atoms with Crippen molar-refractivity contribution in [2.75, 3.05) is 0 Å². The first-order valence-corrected chi connectivity index (χ1v) is 3.71. The highest BCUT2D eigenvalue weighted by atomic mass is 19.4. The average Bonchev–Trinajstić information content (AvgIpc) is 2.47. The van der Waals surface area contributed by atoms with Crippen LogP contribution >= 0.6 is 0 Å². The topological polar surface area (TPSA) is 55.1 Å². The van der Waals surface area contributed by atoms with Crippen molar-refractivity contribution >= 4 is 5.97 Å². The summed E-state index contributed by atoms with van der Waals surface area (Å²) in [6.07, 6.45) is -3.32. The van der Waals surface area contributed by atoms with Gasteiger partial charge in [0, 0.05) is 12.6 Å². The smallest absolute Gasteiger partial charge is 0.481 e. The van der Waals surface area contributed by atoms with Crippen molar-refractivity contribution in [2.24, 2.45) is 0 Å². The van der Waals surface area contributed by atoms with Crippen LogP contribution < -0.4 is 0 Å². The molecule has 0 spiro atoms. The maximum absolute atomic E-state index is 12.0. The molecule has 0 aliphatic heterocycles. The maximum atomic E-state index is 12.0. The van der Waals surface area contributed by atoms with Crippen molar-refractivity contribution < 1.29 is 23.1 Å². The molecule has 1 heterocycles. The van der Waals surface area contributed by atoms with Crippen molar-refractivity contribution in [1.29, 1.82) is 0 Å². The molecule has 1 N–H and O–H groups in total. The summed E-state index contributed by atoms with van der Waals surface area (Å²) >= 11 is 0. The second kappa shape index (κ2) is 3.69. The minimum atomic E-state index is -4.49. The van der Waals surface area contributed by atoms with Crippen molar-refractivity contribution in [3.8, 4) is 0 Å². The van der Waals surface area contributed by atoms with Crippen LogP contribution in [0.5, 0.6) is 0 Å². The number of carbonyl (C=O) groups is 1. The van der Waals surface area contributed by atoms with Gasteiger partial charge in [0.05, 0.1) is 12.1 Å². The Labute approximate surface area is 77.0 Å². The molecule has 0 amide bonds. The van der Waals surface area contributed by atoms with Gasteiger partial charge in [-0.05, 0) is 0 Å². The van der Waals surface area contributed by atoms with Crippen LogP contribution in [0, 0.1) is 0 Å². The van der Waals surface area contributed by atoms with Gasteiger partial charge in [0.2, 0.25) is 0 Å². The van der Waals surface area contributed by atoms with E-state index >= 15 is 0 Å². The Morgan fingerprint density at radius 2 is 2.21 bits per heavy atom. The van der Waals surface area contributed by atoms with E-state index in [0.717, 1.165) is 6.20 Å². The summed E-state index contributed by atoms with van der Waals surface area (Å²) < 4.78 is 36.0. The van der Waals surface area contributed by atoms with Gasteiger partial charge >= 0.3 is 12.3 Å². The van der Waals surface area contributed by atoms with Gasteiger partial charge in [-0.1, -0.05) is 0 Å². The van der Waals surface area contributed by atoms with E-state index in [9.17, 15) is 18.0 Å². The highest BCUT2D eigenvalue weighted by Crippen LogP contribution is 2.21. The predicted molar refractivity (Wildman–Crippen MR) is 39.5 cm³/mol. The Morgan fingerprint density at radius 3 is 2.64 bits per heavy atom. The minimum absolute atomic E-state index is 0.00157. The van der Waals surface area contributed by atoms with E-state index in [0.29, 0.717) is 6.33 Å². The Kier molecular flexibility index (Phi) is 2.78. The third-order valence-corrected chi connectivity index (χ3v) is 1.52. The molecular weight excluding hydrogens is 201 g/mol. The van der Waals surface area contributed by atoms with Crippen molar-refractivity contribution in [1.82, 2.24) is 9.55 Å². The summed E-state index contributed by atoms with van der Waals surface area (Å²) in [6.45, 7) is 0. The molecule has 0 atom stereocenters. The van der Waals surface area contributed by atoms with Gasteiger partial charge < -0.3 is 5.11 Å². The summed E-state index contributed by atoms with van der Waals surface area (Å²) in [4.78, 5) is 13.6. The number of aryl methyl sites for hydroxylation is 1. The quantitative estimate of drug-likeness (QED) is 0.816. The van der Waals surface area contributed by atoms with Crippen molar-refractivity contribution in [2.45, 2.75) is 19.1 Å². The molecule has 0 radical (unpaired) electrons. The van der Waals surface area contributed by atoms with Crippen LogP contribution in [-0.4, -0.2) is 20.6 Å².